The first-order valence-electron chi connectivity index (χ1n) is 9.61. The lowest BCUT2D eigenvalue weighted by Crippen LogP contribution is -2.40. The number of pyridine rings is 1. The summed E-state index contributed by atoms with van der Waals surface area (Å²) in [6.45, 7) is 8.35. The molecule has 0 bridgehead atoms. The van der Waals surface area contributed by atoms with Gasteiger partial charge >= 0.3 is 12.1 Å². The van der Waals surface area contributed by atoms with Gasteiger partial charge in [0.15, 0.2) is 0 Å². The Hall–Kier alpha value is -2.89. The van der Waals surface area contributed by atoms with Crippen molar-refractivity contribution < 1.29 is 19.1 Å². The van der Waals surface area contributed by atoms with E-state index in [1.54, 1.807) is 31.9 Å². The van der Waals surface area contributed by atoms with Crippen molar-refractivity contribution in [2.75, 3.05) is 19.7 Å². The molecule has 1 aliphatic rings. The normalized spacial score (nSPS) is 14.5. The molecule has 0 unspecified atom stereocenters. The second-order valence-electron chi connectivity index (χ2n) is 7.16. The predicted octanol–water partition coefficient (Wildman–Crippen LogP) is 4.11. The number of hydrogen-bond acceptors (Lipinski definition) is 5. The summed E-state index contributed by atoms with van der Waals surface area (Å²) in [6, 6.07) is 8.02. The molecule has 0 atom stereocenters. The molecule has 2 heterocycles. The van der Waals surface area contributed by atoms with Crippen LogP contribution in [-0.2, 0) is 14.3 Å². The average molecular weight is 382 g/mol. The van der Waals surface area contributed by atoms with Gasteiger partial charge in [-0.05, 0) is 62.9 Å². The second-order valence-corrected chi connectivity index (χ2v) is 7.16. The van der Waals surface area contributed by atoms with E-state index in [0.29, 0.717) is 18.5 Å². The highest BCUT2D eigenvalue weighted by Gasteiger charge is 2.30. The summed E-state index contributed by atoms with van der Waals surface area (Å²) in [4.78, 5) is 31.0. The third-order valence-electron chi connectivity index (χ3n) is 4.68. The molecule has 1 aromatic carbocycles. The van der Waals surface area contributed by atoms with Crippen molar-refractivity contribution in [1.82, 2.24) is 9.88 Å². The number of carbonyl (C=O) groups is 2. The van der Waals surface area contributed by atoms with Crippen molar-refractivity contribution in [3.8, 4) is 0 Å². The Labute approximate surface area is 165 Å². The fourth-order valence-corrected chi connectivity index (χ4v) is 3.42. The van der Waals surface area contributed by atoms with Crippen molar-refractivity contribution in [3.63, 3.8) is 0 Å². The van der Waals surface area contributed by atoms with E-state index >= 15 is 0 Å². The summed E-state index contributed by atoms with van der Waals surface area (Å²) in [7, 11) is 0. The van der Waals surface area contributed by atoms with Crippen molar-refractivity contribution >= 4 is 28.5 Å². The summed E-state index contributed by atoms with van der Waals surface area (Å²) in [6.07, 6.45) is 1.68. The van der Waals surface area contributed by atoms with Gasteiger partial charge in [0.2, 0.25) is 0 Å². The zero-order chi connectivity index (χ0) is 20.3. The molecule has 0 fully saturated rings. The maximum absolute atomic E-state index is 12.7. The van der Waals surface area contributed by atoms with Gasteiger partial charge < -0.3 is 14.4 Å². The minimum Gasteiger partial charge on any atom is -0.463 e. The number of aromatic nitrogens is 1. The third-order valence-corrected chi connectivity index (χ3v) is 4.68. The maximum atomic E-state index is 12.7. The topological polar surface area (TPSA) is 68.7 Å². The largest absolute Gasteiger partial charge is 0.463 e. The molecule has 3 rings (SSSR count). The first-order valence-corrected chi connectivity index (χ1v) is 9.61. The first-order chi connectivity index (χ1) is 13.4. The Kier molecular flexibility index (Phi) is 5.97. The lowest BCUT2D eigenvalue weighted by Gasteiger charge is -2.30. The van der Waals surface area contributed by atoms with Crippen LogP contribution in [0.4, 0.5) is 4.79 Å². The molecular formula is C22H26N2O4. The molecule has 2 aromatic rings. The Morgan fingerprint density at radius 2 is 2.04 bits per heavy atom. The molecule has 1 aliphatic heterocycles. The Morgan fingerprint density at radius 3 is 2.75 bits per heavy atom. The van der Waals surface area contributed by atoms with E-state index in [4.69, 9.17) is 9.47 Å². The summed E-state index contributed by atoms with van der Waals surface area (Å²) < 4.78 is 10.6. The zero-order valence-electron chi connectivity index (χ0n) is 16.8. The Bertz CT molecular complexity index is 933. The van der Waals surface area contributed by atoms with Crippen molar-refractivity contribution in [2.24, 2.45) is 0 Å². The van der Waals surface area contributed by atoms with E-state index in [9.17, 15) is 9.59 Å². The zero-order valence-corrected chi connectivity index (χ0v) is 16.8. The van der Waals surface area contributed by atoms with Gasteiger partial charge in [-0.3, -0.25) is 4.98 Å². The standard InChI is InChI=1S/C22H26N2O4/c1-5-27-21(25)19-13-24(22(26)28-14(2)3)11-9-17(19)16-8-10-23-20-12-15(4)6-7-18(16)20/h6-8,10,12,14H,5,9,11,13H2,1-4H3. The fourth-order valence-electron chi connectivity index (χ4n) is 3.42. The predicted molar refractivity (Wildman–Crippen MR) is 108 cm³/mol. The molecule has 1 amide bonds. The molecule has 0 radical (unpaired) electrons. The maximum Gasteiger partial charge on any atom is 0.410 e. The van der Waals surface area contributed by atoms with E-state index < -0.39 is 12.1 Å². The number of fused-ring (bicyclic) bond motifs is 1. The second kappa shape index (κ2) is 8.42. The molecular weight excluding hydrogens is 356 g/mol. The van der Waals surface area contributed by atoms with Gasteiger partial charge in [-0.1, -0.05) is 12.1 Å². The smallest absolute Gasteiger partial charge is 0.410 e. The molecule has 0 saturated heterocycles. The molecule has 6 heteroatoms. The van der Waals surface area contributed by atoms with Crippen LogP contribution in [0.2, 0.25) is 0 Å². The quantitative estimate of drug-likeness (QED) is 0.745. The summed E-state index contributed by atoms with van der Waals surface area (Å²) >= 11 is 0. The molecule has 0 saturated carbocycles. The van der Waals surface area contributed by atoms with E-state index in [1.807, 2.05) is 31.2 Å². The third kappa shape index (κ3) is 4.16. The summed E-state index contributed by atoms with van der Waals surface area (Å²) in [5, 5.41) is 0.989. The van der Waals surface area contributed by atoms with Gasteiger partial charge in [0.25, 0.3) is 0 Å². The van der Waals surface area contributed by atoms with Crippen LogP contribution in [0.3, 0.4) is 0 Å². The minimum atomic E-state index is -0.411. The number of benzene rings is 1. The van der Waals surface area contributed by atoms with E-state index in [2.05, 4.69) is 4.98 Å². The van der Waals surface area contributed by atoms with Gasteiger partial charge in [0.1, 0.15) is 0 Å². The lowest BCUT2D eigenvalue weighted by atomic mass is 9.91. The van der Waals surface area contributed by atoms with E-state index in [0.717, 1.165) is 27.6 Å². The van der Waals surface area contributed by atoms with Gasteiger partial charge in [-0.15, -0.1) is 0 Å². The van der Waals surface area contributed by atoms with Gasteiger partial charge in [0, 0.05) is 18.1 Å². The van der Waals surface area contributed by atoms with Crippen LogP contribution in [0, 0.1) is 6.92 Å². The lowest BCUT2D eigenvalue weighted by molar-refractivity contribution is -0.138. The number of hydrogen-bond donors (Lipinski definition) is 0. The number of carbonyl (C=O) groups excluding carboxylic acids is 2. The summed E-state index contributed by atoms with van der Waals surface area (Å²) in [5.74, 6) is -0.392. The Balaban J connectivity index is 2.05. The van der Waals surface area contributed by atoms with Crippen molar-refractivity contribution in [3.05, 3.63) is 47.2 Å². The molecule has 0 aliphatic carbocycles. The van der Waals surface area contributed by atoms with E-state index in [-0.39, 0.29) is 19.3 Å². The summed E-state index contributed by atoms with van der Waals surface area (Å²) in [5.41, 5.74) is 4.38. The number of esters is 1. The monoisotopic (exact) mass is 382 g/mol. The van der Waals surface area contributed by atoms with Crippen molar-refractivity contribution in [1.29, 1.82) is 0 Å². The number of ether oxygens (including phenoxy) is 2. The first kappa shape index (κ1) is 19.9. The number of rotatable bonds is 4. The molecule has 28 heavy (non-hydrogen) atoms. The van der Waals surface area contributed by atoms with Crippen LogP contribution in [0.15, 0.2) is 36.0 Å². The van der Waals surface area contributed by atoms with Gasteiger partial charge in [0.05, 0.1) is 30.3 Å². The highest BCUT2D eigenvalue weighted by Crippen LogP contribution is 2.33. The minimum absolute atomic E-state index is 0.176. The number of aryl methyl sites for hydroxylation is 1. The van der Waals surface area contributed by atoms with Gasteiger partial charge in [-0.25, -0.2) is 9.59 Å². The SMILES string of the molecule is CCOC(=O)C1=C(c2ccnc3cc(C)ccc23)CCN(C(=O)OC(C)C)C1. The molecule has 0 N–H and O–H groups in total. The molecule has 0 spiro atoms. The average Bonchev–Trinajstić information content (AvgIpc) is 2.66. The Morgan fingerprint density at radius 1 is 1.25 bits per heavy atom. The van der Waals surface area contributed by atoms with Gasteiger partial charge in [-0.2, -0.15) is 0 Å². The van der Waals surface area contributed by atoms with Crippen LogP contribution < -0.4 is 0 Å². The molecule has 6 nitrogen and oxygen atoms in total. The van der Waals surface area contributed by atoms with Crippen LogP contribution >= 0.6 is 0 Å². The highest BCUT2D eigenvalue weighted by atomic mass is 16.6. The highest BCUT2D eigenvalue weighted by molar-refractivity contribution is 6.03. The van der Waals surface area contributed by atoms with E-state index in [1.165, 1.54) is 0 Å². The number of amides is 1. The number of nitrogens with zero attached hydrogens (tertiary/aromatic N) is 2. The van der Waals surface area contributed by atoms with Crippen LogP contribution in [0.1, 0.15) is 38.3 Å². The van der Waals surface area contributed by atoms with Crippen LogP contribution in [0.5, 0.6) is 0 Å². The van der Waals surface area contributed by atoms with Crippen molar-refractivity contribution in [2.45, 2.75) is 40.2 Å². The van der Waals surface area contributed by atoms with Crippen LogP contribution in [0.25, 0.3) is 16.5 Å². The molecule has 148 valence electrons. The van der Waals surface area contributed by atoms with Crippen LogP contribution in [-0.4, -0.2) is 47.7 Å². The fraction of sp³-hybridized carbons (Fsp3) is 0.409. The molecule has 1 aromatic heterocycles.